The molecule has 1 fully saturated rings. The van der Waals surface area contributed by atoms with Crippen LogP contribution in [0.3, 0.4) is 0 Å². The lowest BCUT2D eigenvalue weighted by Gasteiger charge is -2.24. The summed E-state index contributed by atoms with van der Waals surface area (Å²) in [5.41, 5.74) is 3.08. The van der Waals surface area contributed by atoms with Gasteiger partial charge in [-0.15, -0.1) is 0 Å². The Morgan fingerprint density at radius 1 is 1.30 bits per heavy atom. The first-order valence-corrected chi connectivity index (χ1v) is 6.96. The molecule has 1 aromatic carbocycles. The third-order valence-electron chi connectivity index (χ3n) is 3.54. The quantitative estimate of drug-likeness (QED) is 0.859. The molecule has 0 aromatic heterocycles. The fourth-order valence-corrected chi connectivity index (χ4v) is 2.18. The van der Waals surface area contributed by atoms with E-state index in [2.05, 4.69) is 11.4 Å². The van der Waals surface area contributed by atoms with E-state index in [1.807, 2.05) is 19.1 Å². The molecule has 0 unspecified atom stereocenters. The van der Waals surface area contributed by atoms with Gasteiger partial charge in [-0.1, -0.05) is 17.7 Å². The van der Waals surface area contributed by atoms with Gasteiger partial charge < -0.3 is 10.2 Å². The summed E-state index contributed by atoms with van der Waals surface area (Å²) in [7, 11) is 1.72. The molecule has 5 heteroatoms. The summed E-state index contributed by atoms with van der Waals surface area (Å²) in [5.74, 6) is 0. The highest BCUT2D eigenvalue weighted by Crippen LogP contribution is 2.26. The van der Waals surface area contributed by atoms with Crippen molar-refractivity contribution in [3.63, 3.8) is 0 Å². The largest absolute Gasteiger partial charge is 0.390 e. The van der Waals surface area contributed by atoms with Crippen molar-refractivity contribution in [2.75, 3.05) is 18.5 Å². The zero-order valence-electron chi connectivity index (χ0n) is 11.9. The fraction of sp³-hybridized carbons (Fsp3) is 0.600. The molecular formula is C15H21F3N2. The van der Waals surface area contributed by atoms with E-state index >= 15 is 0 Å². The van der Waals surface area contributed by atoms with Crippen LogP contribution in [0.1, 0.15) is 30.4 Å². The molecule has 0 radical (unpaired) electrons. The maximum absolute atomic E-state index is 12.3. The van der Waals surface area contributed by atoms with Crippen LogP contribution in [0.2, 0.25) is 0 Å². The highest BCUT2D eigenvalue weighted by molar-refractivity contribution is 5.54. The number of anilines is 1. The highest BCUT2D eigenvalue weighted by Gasteiger charge is 2.27. The Morgan fingerprint density at radius 2 is 2.00 bits per heavy atom. The Bertz CT molecular complexity index is 453. The molecule has 1 N–H and O–H groups in total. The number of aryl methyl sites for hydroxylation is 1. The van der Waals surface area contributed by atoms with Crippen molar-refractivity contribution in [3.8, 4) is 0 Å². The highest BCUT2D eigenvalue weighted by atomic mass is 19.4. The van der Waals surface area contributed by atoms with Crippen LogP contribution in [-0.4, -0.2) is 25.8 Å². The molecule has 0 spiro atoms. The number of halogens is 3. The van der Waals surface area contributed by atoms with E-state index in [-0.39, 0.29) is 6.54 Å². The number of benzene rings is 1. The van der Waals surface area contributed by atoms with Crippen LogP contribution < -0.4 is 10.2 Å². The standard InChI is InChI=1S/C15H21F3N2/c1-11-3-6-14(20(2)8-7-15(16,17)18)12(9-11)10-19-13-4-5-13/h3,6,9,13,19H,4-5,7-8,10H2,1-2H3. The van der Waals surface area contributed by atoms with Crippen molar-refractivity contribution < 1.29 is 13.2 Å². The van der Waals surface area contributed by atoms with Gasteiger partial charge >= 0.3 is 6.18 Å². The Kier molecular flexibility index (Phi) is 4.58. The van der Waals surface area contributed by atoms with Gasteiger partial charge in [-0.05, 0) is 31.4 Å². The van der Waals surface area contributed by atoms with Crippen molar-refractivity contribution in [3.05, 3.63) is 29.3 Å². The van der Waals surface area contributed by atoms with Gasteiger partial charge in [-0.2, -0.15) is 13.2 Å². The van der Waals surface area contributed by atoms with Gasteiger partial charge in [-0.25, -0.2) is 0 Å². The molecule has 1 aromatic rings. The maximum Gasteiger partial charge on any atom is 0.390 e. The SMILES string of the molecule is Cc1ccc(N(C)CCC(F)(F)F)c(CNC2CC2)c1. The summed E-state index contributed by atoms with van der Waals surface area (Å²) in [6.45, 7) is 2.71. The van der Waals surface area contributed by atoms with Crippen LogP contribution in [0.4, 0.5) is 18.9 Å². The Labute approximate surface area is 118 Å². The summed E-state index contributed by atoms with van der Waals surface area (Å²) in [6, 6.07) is 6.49. The van der Waals surface area contributed by atoms with E-state index in [4.69, 9.17) is 0 Å². The topological polar surface area (TPSA) is 15.3 Å². The summed E-state index contributed by atoms with van der Waals surface area (Å²) < 4.78 is 37.0. The molecule has 1 aliphatic rings. The third-order valence-corrected chi connectivity index (χ3v) is 3.54. The van der Waals surface area contributed by atoms with E-state index in [0.29, 0.717) is 6.04 Å². The molecule has 2 nitrogen and oxygen atoms in total. The fourth-order valence-electron chi connectivity index (χ4n) is 2.18. The third kappa shape index (κ3) is 4.71. The minimum atomic E-state index is -4.11. The van der Waals surface area contributed by atoms with Gasteiger partial charge in [-0.3, -0.25) is 0 Å². The number of nitrogens with one attached hydrogen (secondary N) is 1. The average molecular weight is 286 g/mol. The van der Waals surface area contributed by atoms with Gasteiger partial charge in [0.15, 0.2) is 0 Å². The Morgan fingerprint density at radius 3 is 2.60 bits per heavy atom. The molecule has 0 atom stereocenters. The molecule has 0 saturated heterocycles. The first-order chi connectivity index (χ1) is 9.35. The summed E-state index contributed by atoms with van der Waals surface area (Å²) in [4.78, 5) is 1.69. The molecule has 2 rings (SSSR count). The normalized spacial score (nSPS) is 15.4. The van der Waals surface area contributed by atoms with Crippen LogP contribution in [0, 0.1) is 6.92 Å². The molecule has 0 bridgehead atoms. The van der Waals surface area contributed by atoms with E-state index in [1.165, 1.54) is 12.8 Å². The van der Waals surface area contributed by atoms with Crippen molar-refractivity contribution in [1.29, 1.82) is 0 Å². The minimum absolute atomic E-state index is 0.0109. The monoisotopic (exact) mass is 286 g/mol. The van der Waals surface area contributed by atoms with Crippen molar-refractivity contribution in [1.82, 2.24) is 5.32 Å². The first-order valence-electron chi connectivity index (χ1n) is 6.96. The van der Waals surface area contributed by atoms with Gasteiger partial charge in [0.25, 0.3) is 0 Å². The van der Waals surface area contributed by atoms with Crippen molar-refractivity contribution in [2.24, 2.45) is 0 Å². The Hall–Kier alpha value is -1.23. The predicted octanol–water partition coefficient (Wildman–Crippen LogP) is 3.64. The van der Waals surface area contributed by atoms with Crippen LogP contribution >= 0.6 is 0 Å². The second-order valence-electron chi connectivity index (χ2n) is 5.57. The van der Waals surface area contributed by atoms with Gasteiger partial charge in [0.05, 0.1) is 6.42 Å². The zero-order chi connectivity index (χ0) is 14.8. The zero-order valence-corrected chi connectivity index (χ0v) is 11.9. The number of rotatable bonds is 6. The molecule has 0 heterocycles. The minimum Gasteiger partial charge on any atom is -0.374 e. The van der Waals surface area contributed by atoms with Gasteiger partial charge in [0, 0.05) is 31.9 Å². The Balaban J connectivity index is 2.03. The maximum atomic E-state index is 12.3. The van der Waals surface area contributed by atoms with Crippen LogP contribution in [0.5, 0.6) is 0 Å². The van der Waals surface area contributed by atoms with Crippen LogP contribution in [0.15, 0.2) is 18.2 Å². The first kappa shape index (κ1) is 15.2. The van der Waals surface area contributed by atoms with Crippen LogP contribution in [-0.2, 0) is 6.54 Å². The molecule has 0 amide bonds. The molecule has 0 aliphatic heterocycles. The summed E-state index contributed by atoms with van der Waals surface area (Å²) >= 11 is 0. The lowest BCUT2D eigenvalue weighted by atomic mass is 10.1. The molecule has 1 saturated carbocycles. The lowest BCUT2D eigenvalue weighted by Crippen LogP contribution is -2.26. The molecular weight excluding hydrogens is 265 g/mol. The summed E-state index contributed by atoms with van der Waals surface area (Å²) in [5, 5.41) is 3.42. The number of hydrogen-bond acceptors (Lipinski definition) is 2. The van der Waals surface area contributed by atoms with Crippen LogP contribution in [0.25, 0.3) is 0 Å². The molecule has 1 aliphatic carbocycles. The predicted molar refractivity (Wildman–Crippen MR) is 75.0 cm³/mol. The van der Waals surface area contributed by atoms with Crippen molar-refractivity contribution >= 4 is 5.69 Å². The van der Waals surface area contributed by atoms with Gasteiger partial charge in [0.2, 0.25) is 0 Å². The second-order valence-corrected chi connectivity index (χ2v) is 5.57. The average Bonchev–Trinajstić information content (AvgIpc) is 3.16. The number of nitrogens with zero attached hydrogens (tertiary/aromatic N) is 1. The second kappa shape index (κ2) is 6.04. The molecule has 20 heavy (non-hydrogen) atoms. The molecule has 112 valence electrons. The smallest absolute Gasteiger partial charge is 0.374 e. The summed E-state index contributed by atoms with van der Waals surface area (Å²) in [6.07, 6.45) is -2.49. The van der Waals surface area contributed by atoms with E-state index in [9.17, 15) is 13.2 Å². The van der Waals surface area contributed by atoms with E-state index in [0.717, 1.165) is 23.4 Å². The van der Waals surface area contributed by atoms with Gasteiger partial charge in [0.1, 0.15) is 0 Å². The number of hydrogen-bond donors (Lipinski definition) is 1. The van der Waals surface area contributed by atoms with E-state index in [1.54, 1.807) is 11.9 Å². The van der Waals surface area contributed by atoms with E-state index < -0.39 is 12.6 Å². The number of alkyl halides is 3. The van der Waals surface area contributed by atoms with Crippen molar-refractivity contribution in [2.45, 2.75) is 44.9 Å². The lowest BCUT2D eigenvalue weighted by molar-refractivity contribution is -0.132.